The second kappa shape index (κ2) is 16.6. The van der Waals surface area contributed by atoms with Gasteiger partial charge in [0.25, 0.3) is 5.91 Å². The fourth-order valence-electron chi connectivity index (χ4n) is 7.88. The van der Waals surface area contributed by atoms with Crippen molar-refractivity contribution in [2.45, 2.75) is 126 Å². The van der Waals surface area contributed by atoms with Crippen LogP contribution in [0.5, 0.6) is 5.75 Å². The lowest BCUT2D eigenvalue weighted by atomic mass is 9.93. The summed E-state index contributed by atoms with van der Waals surface area (Å²) in [6.07, 6.45) is 5.92. The number of alkyl carbamates (subject to hydrolysis) is 1. The number of rotatable bonds is 8. The van der Waals surface area contributed by atoms with Gasteiger partial charge in [-0.25, -0.2) is 18.0 Å². The largest absolute Gasteiger partial charge is 0.497 e. The number of fused-ring (bicyclic) bond motifs is 3. The highest BCUT2D eigenvalue weighted by Gasteiger charge is 2.62. The fourth-order valence-corrected chi connectivity index (χ4v) is 9.24. The van der Waals surface area contributed by atoms with Crippen LogP contribution in [0.25, 0.3) is 0 Å². The standard InChI is InChI=1S/C39H55N5O11S/c1-38(2,3)55-36(48)40-30-12-10-8-6-7-9-11-25-21-39(25,35(47)42-56(50,51)28-14-15-28)41-33(45)31-20-27(22-44(31)34(30)46)54-37(49)43-18-17-24-19-26(53-5)13-16-29(24)32(43)23-52-4/h9,11,13,16,19,25,27-28,30-32H,6-8,10,12,14-15,17-18,20-23H2,1-5H3,(H,40,48)(H,41,45)(H,42,47)/b11-9-/t25-,27-,30+,31+,32?,39-/m1/s1. The summed E-state index contributed by atoms with van der Waals surface area (Å²) in [6, 6.07) is 2.90. The first-order valence-electron chi connectivity index (χ1n) is 19.5. The van der Waals surface area contributed by atoms with E-state index in [-0.39, 0.29) is 32.4 Å². The van der Waals surface area contributed by atoms with Crippen LogP contribution in [0.15, 0.2) is 30.4 Å². The molecule has 6 atom stereocenters. The van der Waals surface area contributed by atoms with Crippen LogP contribution in [-0.4, -0.2) is 117 Å². The molecule has 0 bridgehead atoms. The van der Waals surface area contributed by atoms with E-state index < -0.39 is 86.5 Å². The van der Waals surface area contributed by atoms with Crippen LogP contribution in [0.4, 0.5) is 9.59 Å². The Labute approximate surface area is 328 Å². The van der Waals surface area contributed by atoms with Gasteiger partial charge >= 0.3 is 12.2 Å². The zero-order chi connectivity index (χ0) is 40.4. The van der Waals surface area contributed by atoms with Crippen molar-refractivity contribution >= 4 is 39.9 Å². The Morgan fingerprint density at radius 1 is 1.05 bits per heavy atom. The number of allylic oxidation sites excluding steroid dienone is 1. The second-order valence-electron chi connectivity index (χ2n) is 16.4. The number of methoxy groups -OCH3 is 2. The molecule has 0 radical (unpaired) electrons. The van der Waals surface area contributed by atoms with E-state index in [9.17, 15) is 32.4 Å². The third-order valence-corrected chi connectivity index (χ3v) is 12.9. The van der Waals surface area contributed by atoms with Crippen LogP contribution < -0.4 is 20.1 Å². The Bertz CT molecular complexity index is 1830. The molecule has 0 aromatic heterocycles. The molecule has 0 spiro atoms. The first-order chi connectivity index (χ1) is 26.5. The lowest BCUT2D eigenvalue weighted by Gasteiger charge is -2.37. The Hall–Kier alpha value is -4.38. The summed E-state index contributed by atoms with van der Waals surface area (Å²) in [5, 5.41) is 4.88. The molecule has 1 saturated heterocycles. The molecule has 5 amide bonds. The number of carbonyl (C=O) groups excluding carboxylic acids is 5. The van der Waals surface area contributed by atoms with E-state index in [0.29, 0.717) is 44.4 Å². The van der Waals surface area contributed by atoms with E-state index in [1.807, 2.05) is 30.4 Å². The molecule has 17 heteroatoms. The molecule has 5 aliphatic rings. The van der Waals surface area contributed by atoms with Gasteiger partial charge in [-0.15, -0.1) is 0 Å². The van der Waals surface area contributed by atoms with Gasteiger partial charge in [-0.1, -0.05) is 31.1 Å². The molecule has 308 valence electrons. The van der Waals surface area contributed by atoms with Crippen LogP contribution in [0.2, 0.25) is 0 Å². The molecule has 1 unspecified atom stereocenters. The van der Waals surface area contributed by atoms with Crippen molar-refractivity contribution < 1.29 is 51.3 Å². The summed E-state index contributed by atoms with van der Waals surface area (Å²) >= 11 is 0. The van der Waals surface area contributed by atoms with Gasteiger partial charge in [0.05, 0.1) is 31.6 Å². The molecule has 3 heterocycles. The number of nitrogens with zero attached hydrogens (tertiary/aromatic N) is 2. The van der Waals surface area contributed by atoms with Crippen molar-refractivity contribution in [3.05, 3.63) is 41.5 Å². The first kappa shape index (κ1) is 41.3. The first-order valence-corrected chi connectivity index (χ1v) is 21.1. The van der Waals surface area contributed by atoms with Crippen LogP contribution >= 0.6 is 0 Å². The van der Waals surface area contributed by atoms with Gasteiger partial charge in [0.2, 0.25) is 21.8 Å². The number of amides is 5. The molecular formula is C39H55N5O11S. The van der Waals surface area contributed by atoms with Crippen LogP contribution in [-0.2, 0) is 45.0 Å². The minimum atomic E-state index is -3.92. The highest BCUT2D eigenvalue weighted by atomic mass is 32.2. The number of carbonyl (C=O) groups is 5. The average Bonchev–Trinajstić information content (AvgIpc) is 4.06. The van der Waals surface area contributed by atoms with E-state index in [0.717, 1.165) is 24.0 Å². The van der Waals surface area contributed by atoms with Gasteiger partial charge in [0.1, 0.15) is 35.1 Å². The Morgan fingerprint density at radius 3 is 2.52 bits per heavy atom. The third-order valence-electron chi connectivity index (χ3n) is 11.1. The SMILES string of the molecule is COCC1c2ccc(OC)cc2CCN1C(=O)O[C@@H]1C[C@H]2C(=O)N[C@]3(C(=O)NS(=O)(=O)C4CC4)C[C@H]3/C=C\CCCCC[C@H](NC(=O)OC(C)(C)C)C(=O)N2C1. The topological polar surface area (TPSA) is 199 Å². The molecule has 1 aromatic rings. The van der Waals surface area contributed by atoms with Gasteiger partial charge in [-0.05, 0) is 89.0 Å². The molecule has 3 fully saturated rings. The van der Waals surface area contributed by atoms with Crippen molar-refractivity contribution in [1.29, 1.82) is 0 Å². The number of sulfonamides is 1. The monoisotopic (exact) mass is 801 g/mol. The summed E-state index contributed by atoms with van der Waals surface area (Å²) in [4.78, 5) is 72.4. The molecule has 16 nitrogen and oxygen atoms in total. The van der Waals surface area contributed by atoms with E-state index in [1.54, 1.807) is 39.9 Å². The van der Waals surface area contributed by atoms with Gasteiger partial charge < -0.3 is 34.5 Å². The van der Waals surface area contributed by atoms with Crippen molar-refractivity contribution in [3.8, 4) is 5.75 Å². The molecule has 2 aliphatic carbocycles. The van der Waals surface area contributed by atoms with E-state index in [1.165, 1.54) is 4.90 Å². The summed E-state index contributed by atoms with van der Waals surface area (Å²) < 4.78 is 50.3. The normalized spacial score (nSPS) is 28.9. The summed E-state index contributed by atoms with van der Waals surface area (Å²) in [5.74, 6) is -1.86. The molecular weight excluding hydrogens is 747 g/mol. The number of benzene rings is 1. The number of hydrogen-bond donors (Lipinski definition) is 3. The van der Waals surface area contributed by atoms with Gasteiger partial charge in [-0.2, -0.15) is 0 Å². The highest BCUT2D eigenvalue weighted by molar-refractivity contribution is 7.91. The van der Waals surface area contributed by atoms with Gasteiger partial charge in [0.15, 0.2) is 0 Å². The molecule has 56 heavy (non-hydrogen) atoms. The van der Waals surface area contributed by atoms with E-state index in [2.05, 4.69) is 15.4 Å². The maximum atomic E-state index is 14.5. The minimum Gasteiger partial charge on any atom is -0.497 e. The Balaban J connectivity index is 1.27. The molecule has 6 rings (SSSR count). The maximum Gasteiger partial charge on any atom is 0.410 e. The number of hydrogen-bond acceptors (Lipinski definition) is 11. The number of nitrogens with one attached hydrogen (secondary N) is 3. The predicted molar refractivity (Wildman–Crippen MR) is 203 cm³/mol. The summed E-state index contributed by atoms with van der Waals surface area (Å²) in [7, 11) is -0.787. The average molecular weight is 802 g/mol. The highest BCUT2D eigenvalue weighted by Crippen LogP contribution is 2.46. The van der Waals surface area contributed by atoms with Crippen molar-refractivity contribution in [2.75, 3.05) is 33.9 Å². The molecule has 3 aliphatic heterocycles. The predicted octanol–water partition coefficient (Wildman–Crippen LogP) is 3.24. The minimum absolute atomic E-state index is 0.0996. The quantitative estimate of drug-likeness (QED) is 0.326. The lowest BCUT2D eigenvalue weighted by Crippen LogP contribution is -2.58. The zero-order valence-corrected chi connectivity index (χ0v) is 33.7. The molecule has 2 saturated carbocycles. The molecule has 1 aromatic carbocycles. The van der Waals surface area contributed by atoms with Crippen molar-refractivity contribution in [3.63, 3.8) is 0 Å². The maximum absolute atomic E-state index is 14.5. The summed E-state index contributed by atoms with van der Waals surface area (Å²) in [5.41, 5.74) is -0.478. The van der Waals surface area contributed by atoms with Crippen LogP contribution in [0.1, 0.15) is 95.7 Å². The van der Waals surface area contributed by atoms with Crippen LogP contribution in [0, 0.1) is 5.92 Å². The van der Waals surface area contributed by atoms with Gasteiger partial charge in [0, 0.05) is 26.0 Å². The number of ether oxygens (including phenoxy) is 4. The zero-order valence-electron chi connectivity index (χ0n) is 32.8. The summed E-state index contributed by atoms with van der Waals surface area (Å²) in [6.45, 7) is 5.48. The van der Waals surface area contributed by atoms with Crippen LogP contribution in [0.3, 0.4) is 0 Å². The Kier molecular flexibility index (Phi) is 12.2. The van der Waals surface area contributed by atoms with Crippen molar-refractivity contribution in [2.24, 2.45) is 5.92 Å². The molecule has 3 N–H and O–H groups in total. The van der Waals surface area contributed by atoms with E-state index in [4.69, 9.17) is 18.9 Å². The fraction of sp³-hybridized carbons (Fsp3) is 0.667. The third kappa shape index (κ3) is 9.41. The van der Waals surface area contributed by atoms with Gasteiger partial charge in [-0.3, -0.25) is 24.0 Å². The van der Waals surface area contributed by atoms with E-state index >= 15 is 0 Å². The Morgan fingerprint density at radius 2 is 1.82 bits per heavy atom. The second-order valence-corrected chi connectivity index (χ2v) is 18.4. The smallest absolute Gasteiger partial charge is 0.410 e. The van der Waals surface area contributed by atoms with Crippen molar-refractivity contribution in [1.82, 2.24) is 25.2 Å². The lowest BCUT2D eigenvalue weighted by molar-refractivity contribution is -0.141.